The Morgan fingerprint density at radius 1 is 0.310 bits per heavy atom. The van der Waals surface area contributed by atoms with Crippen LogP contribution in [0.25, 0.3) is 111 Å². The van der Waals surface area contributed by atoms with Gasteiger partial charge in [0, 0.05) is 55.0 Å². The molecule has 12 aromatic rings. The fourth-order valence-corrected chi connectivity index (χ4v) is 8.89. The van der Waals surface area contributed by atoms with Gasteiger partial charge in [0.25, 0.3) is 0 Å². The van der Waals surface area contributed by atoms with Crippen LogP contribution in [0.4, 0.5) is 0 Å². The highest BCUT2D eigenvalue weighted by Gasteiger charge is 2.20. The van der Waals surface area contributed by atoms with Crippen molar-refractivity contribution in [1.29, 1.82) is 0 Å². The van der Waals surface area contributed by atoms with Gasteiger partial charge in [0.15, 0.2) is 17.5 Å². The van der Waals surface area contributed by atoms with E-state index < -0.39 is 0 Å². The molecule has 0 aliphatic carbocycles. The lowest BCUT2D eigenvalue weighted by Crippen LogP contribution is -2.01. The van der Waals surface area contributed by atoms with E-state index in [9.17, 15) is 0 Å². The summed E-state index contributed by atoms with van der Waals surface area (Å²) in [7, 11) is 0. The topological polar surface area (TPSA) is 48.5 Å². The van der Waals surface area contributed by atoms with Gasteiger partial charge in [-0.25, -0.2) is 15.0 Å². The monoisotopic (exact) mass is 739 g/mol. The predicted molar refractivity (Wildman–Crippen MR) is 240 cm³/mol. The predicted octanol–water partition coefficient (Wildman–Crippen LogP) is 13.4. The number of rotatable bonds is 5. The summed E-state index contributed by atoms with van der Waals surface area (Å²) in [4.78, 5) is 15.6. The Morgan fingerprint density at radius 2 is 0.897 bits per heavy atom. The molecule has 58 heavy (non-hydrogen) atoms. The lowest BCUT2D eigenvalue weighted by Gasteiger charge is -2.12. The molecule has 5 nitrogen and oxygen atoms in total. The van der Waals surface area contributed by atoms with E-state index in [1.807, 2.05) is 18.2 Å². The smallest absolute Gasteiger partial charge is 0.164 e. The number of aromatic nitrogens is 5. The van der Waals surface area contributed by atoms with Crippen LogP contribution in [0.2, 0.25) is 0 Å². The molecule has 9 aromatic carbocycles. The Bertz CT molecular complexity index is 3550. The summed E-state index contributed by atoms with van der Waals surface area (Å²) >= 11 is 0. The molecule has 0 atom stereocenters. The van der Waals surface area contributed by atoms with Crippen molar-refractivity contribution in [1.82, 2.24) is 24.1 Å². The third-order valence-corrected chi connectivity index (χ3v) is 11.5. The number of hydrogen-bond donors (Lipinski definition) is 0. The zero-order valence-electron chi connectivity index (χ0n) is 31.3. The van der Waals surface area contributed by atoms with Gasteiger partial charge in [-0.1, -0.05) is 140 Å². The van der Waals surface area contributed by atoms with E-state index in [0.717, 1.165) is 49.9 Å². The van der Waals surface area contributed by atoms with E-state index in [1.54, 1.807) is 0 Å². The SMILES string of the molecule is c1ccc(-c2nc(-c3ccc(-n4c5cc6ccccc6cc5c5ccc6ccccc6c54)cc3)nc(-c3cccc4c3c3ccccc3n4-c3ccccc3)n2)cc1. The summed E-state index contributed by atoms with van der Waals surface area (Å²) in [6.45, 7) is 0. The summed E-state index contributed by atoms with van der Waals surface area (Å²) in [6, 6.07) is 70.9. The first-order valence-electron chi connectivity index (χ1n) is 19.6. The molecular weight excluding hydrogens is 707 g/mol. The fourth-order valence-electron chi connectivity index (χ4n) is 8.89. The lowest BCUT2D eigenvalue weighted by atomic mass is 10.0. The third kappa shape index (κ3) is 5.00. The molecular formula is C53H33N5. The van der Waals surface area contributed by atoms with Gasteiger partial charge in [-0.3, -0.25) is 0 Å². The second-order valence-electron chi connectivity index (χ2n) is 14.8. The number of fused-ring (bicyclic) bond motifs is 9. The minimum atomic E-state index is 0.623. The molecule has 5 heteroatoms. The van der Waals surface area contributed by atoms with Gasteiger partial charge in [-0.15, -0.1) is 0 Å². The molecule has 3 heterocycles. The van der Waals surface area contributed by atoms with E-state index in [1.165, 1.54) is 43.4 Å². The summed E-state index contributed by atoms with van der Waals surface area (Å²) in [5.41, 5.74) is 9.61. The summed E-state index contributed by atoms with van der Waals surface area (Å²) in [5, 5.41) is 9.62. The van der Waals surface area contributed by atoms with Gasteiger partial charge in [-0.2, -0.15) is 0 Å². The van der Waals surface area contributed by atoms with Crippen molar-refractivity contribution in [3.05, 3.63) is 200 Å². The molecule has 0 aliphatic heterocycles. The first-order chi connectivity index (χ1) is 28.8. The van der Waals surface area contributed by atoms with Crippen molar-refractivity contribution in [3.8, 4) is 45.5 Å². The summed E-state index contributed by atoms with van der Waals surface area (Å²) in [5.74, 6) is 1.89. The van der Waals surface area contributed by atoms with E-state index in [2.05, 4.69) is 191 Å². The fraction of sp³-hybridized carbons (Fsp3) is 0. The molecule has 0 aliphatic rings. The lowest BCUT2D eigenvalue weighted by molar-refractivity contribution is 1.07. The van der Waals surface area contributed by atoms with Gasteiger partial charge in [0.05, 0.1) is 22.1 Å². The number of hydrogen-bond acceptors (Lipinski definition) is 3. The van der Waals surface area contributed by atoms with Crippen molar-refractivity contribution in [3.63, 3.8) is 0 Å². The van der Waals surface area contributed by atoms with Crippen molar-refractivity contribution in [2.24, 2.45) is 0 Å². The first kappa shape index (κ1) is 32.4. The van der Waals surface area contributed by atoms with E-state index in [0.29, 0.717) is 17.5 Å². The van der Waals surface area contributed by atoms with Gasteiger partial charge >= 0.3 is 0 Å². The number of para-hydroxylation sites is 2. The van der Waals surface area contributed by atoms with Crippen LogP contribution >= 0.6 is 0 Å². The van der Waals surface area contributed by atoms with Gasteiger partial charge < -0.3 is 9.13 Å². The molecule has 0 saturated heterocycles. The van der Waals surface area contributed by atoms with Crippen molar-refractivity contribution in [2.75, 3.05) is 0 Å². The molecule has 3 aromatic heterocycles. The zero-order chi connectivity index (χ0) is 38.2. The van der Waals surface area contributed by atoms with Crippen molar-refractivity contribution < 1.29 is 0 Å². The van der Waals surface area contributed by atoms with Crippen LogP contribution in [0.3, 0.4) is 0 Å². The molecule has 0 fully saturated rings. The van der Waals surface area contributed by atoms with Crippen molar-refractivity contribution >= 4 is 65.2 Å². The first-order valence-corrected chi connectivity index (χ1v) is 19.6. The minimum Gasteiger partial charge on any atom is -0.309 e. The van der Waals surface area contributed by atoms with Crippen LogP contribution < -0.4 is 0 Å². The Kier molecular flexibility index (Phi) is 7.16. The van der Waals surface area contributed by atoms with E-state index >= 15 is 0 Å². The Hall–Kier alpha value is -7.89. The molecule has 270 valence electrons. The van der Waals surface area contributed by atoms with E-state index in [4.69, 9.17) is 15.0 Å². The second-order valence-corrected chi connectivity index (χ2v) is 14.8. The standard InChI is InChI=1S/C53H33N5/c1-3-15-35(16-4-1)51-54-52(56-53(55-51)44-23-13-25-47-49(44)43-22-11-12-24-46(43)57(47)39-19-5-2-6-20-39)36-26-29-40(30-27-36)58-48-33-38-18-8-7-17-37(38)32-45(48)42-31-28-34-14-9-10-21-41(34)50(42)58/h1-33H. The molecule has 0 radical (unpaired) electrons. The van der Waals surface area contributed by atoms with Crippen molar-refractivity contribution in [2.45, 2.75) is 0 Å². The average molecular weight is 740 g/mol. The largest absolute Gasteiger partial charge is 0.309 e. The molecule has 0 N–H and O–H groups in total. The molecule has 0 saturated carbocycles. The van der Waals surface area contributed by atoms with Crippen LogP contribution in [0, 0.1) is 0 Å². The normalized spacial score (nSPS) is 11.8. The maximum atomic E-state index is 5.27. The van der Waals surface area contributed by atoms with Crippen LogP contribution in [-0.2, 0) is 0 Å². The quantitative estimate of drug-likeness (QED) is 0.177. The highest BCUT2D eigenvalue weighted by molar-refractivity contribution is 6.21. The summed E-state index contributed by atoms with van der Waals surface area (Å²) in [6.07, 6.45) is 0. The van der Waals surface area contributed by atoms with Crippen LogP contribution in [0.5, 0.6) is 0 Å². The summed E-state index contributed by atoms with van der Waals surface area (Å²) < 4.78 is 4.74. The Morgan fingerprint density at radius 3 is 1.67 bits per heavy atom. The van der Waals surface area contributed by atoms with E-state index in [-0.39, 0.29) is 0 Å². The Labute approximate surface area is 333 Å². The van der Waals surface area contributed by atoms with Gasteiger partial charge in [-0.05, 0) is 76.8 Å². The average Bonchev–Trinajstić information content (AvgIpc) is 3.81. The molecule has 0 spiro atoms. The second kappa shape index (κ2) is 12.8. The molecule has 0 bridgehead atoms. The molecule has 12 rings (SSSR count). The number of nitrogens with zero attached hydrogens (tertiary/aromatic N) is 5. The zero-order valence-corrected chi connectivity index (χ0v) is 31.3. The van der Waals surface area contributed by atoms with Crippen LogP contribution in [-0.4, -0.2) is 24.1 Å². The van der Waals surface area contributed by atoms with Gasteiger partial charge in [0.1, 0.15) is 0 Å². The Balaban J connectivity index is 1.06. The maximum absolute atomic E-state index is 5.27. The highest BCUT2D eigenvalue weighted by Crippen LogP contribution is 2.40. The molecule has 0 unspecified atom stereocenters. The maximum Gasteiger partial charge on any atom is 0.164 e. The number of benzene rings is 9. The minimum absolute atomic E-state index is 0.623. The highest BCUT2D eigenvalue weighted by atomic mass is 15.0. The third-order valence-electron chi connectivity index (χ3n) is 11.5. The van der Waals surface area contributed by atoms with Gasteiger partial charge in [0.2, 0.25) is 0 Å². The van der Waals surface area contributed by atoms with Crippen LogP contribution in [0.1, 0.15) is 0 Å². The van der Waals surface area contributed by atoms with Crippen LogP contribution in [0.15, 0.2) is 200 Å². The molecule has 0 amide bonds.